The van der Waals surface area contributed by atoms with E-state index in [1.54, 1.807) is 0 Å². The molecule has 2 aliphatic carbocycles. The van der Waals surface area contributed by atoms with E-state index < -0.39 is 0 Å². The molecule has 2 aliphatic rings. The summed E-state index contributed by atoms with van der Waals surface area (Å²) in [6.45, 7) is 2.62. The normalized spacial score (nSPS) is 27.6. The lowest BCUT2D eigenvalue weighted by molar-refractivity contribution is 0.292. The Bertz CT molecular complexity index is 468. The van der Waals surface area contributed by atoms with Crippen molar-refractivity contribution in [1.82, 2.24) is 15.0 Å². The number of nitrogens with one attached hydrogen (secondary N) is 2. The maximum absolute atomic E-state index is 5.47. The third-order valence-corrected chi connectivity index (χ3v) is 4.23. The summed E-state index contributed by atoms with van der Waals surface area (Å²) < 4.78 is 5.47. The number of ether oxygens (including phenoxy) is 1. The highest BCUT2D eigenvalue weighted by Crippen LogP contribution is 2.45. The van der Waals surface area contributed by atoms with Crippen LogP contribution in [0.1, 0.15) is 39.0 Å². The van der Waals surface area contributed by atoms with Gasteiger partial charge in [-0.05, 0) is 37.5 Å². The highest BCUT2D eigenvalue weighted by Gasteiger charge is 2.39. The van der Waals surface area contributed by atoms with Gasteiger partial charge in [-0.3, -0.25) is 5.43 Å². The quantitative estimate of drug-likeness (QED) is 0.536. The molecule has 0 amide bonds. The van der Waals surface area contributed by atoms with Gasteiger partial charge in [0.25, 0.3) is 0 Å². The Hall–Kier alpha value is -1.63. The molecule has 1 aromatic rings. The molecule has 2 saturated carbocycles. The van der Waals surface area contributed by atoms with E-state index in [0.29, 0.717) is 30.6 Å². The molecule has 3 unspecified atom stereocenters. The summed E-state index contributed by atoms with van der Waals surface area (Å²) in [5.41, 5.74) is 2.46. The van der Waals surface area contributed by atoms with Gasteiger partial charge in [-0.1, -0.05) is 13.3 Å². The van der Waals surface area contributed by atoms with Gasteiger partial charge in [0, 0.05) is 6.04 Å². The number of hydrogen-bond acceptors (Lipinski definition) is 7. The number of nitrogens with two attached hydrogens (primary N) is 1. The second-order valence-electron chi connectivity index (χ2n) is 5.68. The van der Waals surface area contributed by atoms with E-state index in [0.717, 1.165) is 18.3 Å². The van der Waals surface area contributed by atoms with Gasteiger partial charge in [0.15, 0.2) is 0 Å². The van der Waals surface area contributed by atoms with Crippen molar-refractivity contribution in [3.05, 3.63) is 0 Å². The van der Waals surface area contributed by atoms with Crippen LogP contribution in [0.5, 0.6) is 6.01 Å². The lowest BCUT2D eigenvalue weighted by Gasteiger charge is -2.23. The predicted molar refractivity (Wildman–Crippen MR) is 76.3 cm³/mol. The van der Waals surface area contributed by atoms with E-state index in [-0.39, 0.29) is 0 Å². The summed E-state index contributed by atoms with van der Waals surface area (Å²) >= 11 is 0. The molecule has 0 radical (unpaired) electrons. The van der Waals surface area contributed by atoms with Crippen molar-refractivity contribution >= 4 is 11.9 Å². The molecule has 0 spiro atoms. The van der Waals surface area contributed by atoms with Crippen LogP contribution in [0.2, 0.25) is 0 Å². The molecule has 7 nitrogen and oxygen atoms in total. The molecular weight excluding hydrogens is 256 g/mol. The molecule has 0 aliphatic heterocycles. The molecule has 7 heteroatoms. The van der Waals surface area contributed by atoms with Gasteiger partial charge in [0.05, 0.1) is 6.61 Å². The number of nitrogens with zero attached hydrogens (tertiary/aromatic N) is 3. The largest absolute Gasteiger partial charge is 0.463 e. The van der Waals surface area contributed by atoms with E-state index >= 15 is 0 Å². The van der Waals surface area contributed by atoms with E-state index in [9.17, 15) is 0 Å². The Balaban J connectivity index is 1.71. The van der Waals surface area contributed by atoms with E-state index in [2.05, 4.69) is 25.7 Å². The van der Waals surface area contributed by atoms with Crippen molar-refractivity contribution in [2.45, 2.75) is 45.1 Å². The lowest BCUT2D eigenvalue weighted by Crippen LogP contribution is -2.27. The Morgan fingerprint density at radius 1 is 1.20 bits per heavy atom. The molecule has 3 atom stereocenters. The third kappa shape index (κ3) is 2.77. The van der Waals surface area contributed by atoms with Gasteiger partial charge in [0.1, 0.15) is 0 Å². The minimum absolute atomic E-state index is 0.320. The molecule has 1 aromatic heterocycles. The van der Waals surface area contributed by atoms with Gasteiger partial charge >= 0.3 is 6.01 Å². The van der Waals surface area contributed by atoms with Crippen molar-refractivity contribution in [3.8, 4) is 6.01 Å². The predicted octanol–water partition coefficient (Wildman–Crippen LogP) is 1.55. The van der Waals surface area contributed by atoms with Crippen molar-refractivity contribution in [1.29, 1.82) is 0 Å². The molecule has 0 saturated heterocycles. The second kappa shape index (κ2) is 5.78. The Kier molecular flexibility index (Phi) is 3.86. The summed E-state index contributed by atoms with van der Waals surface area (Å²) in [6, 6.07) is 0.793. The first-order valence-corrected chi connectivity index (χ1v) is 7.40. The smallest absolute Gasteiger partial charge is 0.323 e. The molecule has 3 rings (SSSR count). The fourth-order valence-electron chi connectivity index (χ4n) is 3.33. The van der Waals surface area contributed by atoms with Crippen LogP contribution in [-0.2, 0) is 0 Å². The SMILES string of the molecule is CCCOc1nc(NN)nc(NC2CC3CCC2C3)n1. The fraction of sp³-hybridized carbons (Fsp3) is 0.769. The first kappa shape index (κ1) is 13.4. The molecule has 2 bridgehead atoms. The lowest BCUT2D eigenvalue weighted by atomic mass is 9.95. The first-order valence-electron chi connectivity index (χ1n) is 7.40. The maximum Gasteiger partial charge on any atom is 0.323 e. The zero-order valence-corrected chi connectivity index (χ0v) is 11.8. The number of rotatable bonds is 6. The average Bonchev–Trinajstić information content (AvgIpc) is 3.07. The molecular formula is C13H22N6O. The maximum atomic E-state index is 5.47. The topological polar surface area (TPSA) is 98.0 Å². The number of hydrazine groups is 1. The van der Waals surface area contributed by atoms with Crippen LogP contribution in [0.15, 0.2) is 0 Å². The van der Waals surface area contributed by atoms with Crippen LogP contribution < -0.4 is 21.3 Å². The monoisotopic (exact) mass is 278 g/mol. The van der Waals surface area contributed by atoms with Crippen LogP contribution in [0.4, 0.5) is 11.9 Å². The first-order chi connectivity index (χ1) is 9.78. The van der Waals surface area contributed by atoms with Crippen LogP contribution >= 0.6 is 0 Å². The van der Waals surface area contributed by atoms with Crippen LogP contribution in [0.3, 0.4) is 0 Å². The summed E-state index contributed by atoms with van der Waals surface area (Å²) in [6.07, 6.45) is 6.15. The van der Waals surface area contributed by atoms with Crippen molar-refractivity contribution < 1.29 is 4.74 Å². The highest BCUT2D eigenvalue weighted by atomic mass is 16.5. The van der Waals surface area contributed by atoms with Gasteiger partial charge in [0.2, 0.25) is 11.9 Å². The minimum atomic E-state index is 0.320. The van der Waals surface area contributed by atoms with Crippen molar-refractivity contribution in [3.63, 3.8) is 0 Å². The van der Waals surface area contributed by atoms with E-state index in [4.69, 9.17) is 10.6 Å². The van der Waals surface area contributed by atoms with Gasteiger partial charge in [-0.2, -0.15) is 15.0 Å². The van der Waals surface area contributed by atoms with E-state index in [1.807, 2.05) is 6.92 Å². The Morgan fingerprint density at radius 2 is 2.05 bits per heavy atom. The number of anilines is 2. The van der Waals surface area contributed by atoms with Gasteiger partial charge in [-0.25, -0.2) is 5.84 Å². The number of nitrogen functional groups attached to an aromatic ring is 1. The Morgan fingerprint density at radius 3 is 2.70 bits per heavy atom. The van der Waals surface area contributed by atoms with Gasteiger partial charge < -0.3 is 10.1 Å². The second-order valence-corrected chi connectivity index (χ2v) is 5.68. The zero-order chi connectivity index (χ0) is 13.9. The molecule has 0 aromatic carbocycles. The number of aromatic nitrogens is 3. The van der Waals surface area contributed by atoms with Crippen LogP contribution in [0, 0.1) is 11.8 Å². The number of hydrogen-bond donors (Lipinski definition) is 3. The molecule has 4 N–H and O–H groups in total. The minimum Gasteiger partial charge on any atom is -0.463 e. The molecule has 1 heterocycles. The zero-order valence-electron chi connectivity index (χ0n) is 11.8. The molecule has 2 fully saturated rings. The highest BCUT2D eigenvalue weighted by molar-refractivity contribution is 5.36. The van der Waals surface area contributed by atoms with Crippen LogP contribution in [-0.4, -0.2) is 27.6 Å². The summed E-state index contributed by atoms with van der Waals surface area (Å²) in [7, 11) is 0. The summed E-state index contributed by atoms with van der Waals surface area (Å²) in [5.74, 6) is 7.91. The molecule has 110 valence electrons. The van der Waals surface area contributed by atoms with Gasteiger partial charge in [-0.15, -0.1) is 0 Å². The van der Waals surface area contributed by atoms with Crippen molar-refractivity contribution in [2.24, 2.45) is 17.7 Å². The van der Waals surface area contributed by atoms with E-state index in [1.165, 1.54) is 25.7 Å². The molecule has 20 heavy (non-hydrogen) atoms. The summed E-state index contributed by atoms with van der Waals surface area (Å²) in [4.78, 5) is 12.7. The third-order valence-electron chi connectivity index (χ3n) is 4.23. The summed E-state index contributed by atoms with van der Waals surface area (Å²) in [5, 5.41) is 3.43. The Labute approximate surface area is 118 Å². The van der Waals surface area contributed by atoms with Crippen molar-refractivity contribution in [2.75, 3.05) is 17.3 Å². The average molecular weight is 278 g/mol. The van der Waals surface area contributed by atoms with Crippen LogP contribution in [0.25, 0.3) is 0 Å². The number of fused-ring (bicyclic) bond motifs is 2. The standard InChI is InChI=1S/C13H22N6O/c1-2-5-20-13-17-11(16-12(18-13)19-14)15-10-7-8-3-4-9(10)6-8/h8-10H,2-7,14H2,1H3,(H2,15,16,17,18,19). The fourth-order valence-corrected chi connectivity index (χ4v) is 3.33.